The van der Waals surface area contributed by atoms with Gasteiger partial charge in [0.05, 0.1) is 0 Å². The normalized spacial score (nSPS) is 34.0. The molecule has 6 atom stereocenters. The minimum Gasteiger partial charge on any atom is -0.661 e. The summed E-state index contributed by atoms with van der Waals surface area (Å²) < 4.78 is 39.0. The van der Waals surface area contributed by atoms with Gasteiger partial charge in [-0.1, -0.05) is 116 Å². The van der Waals surface area contributed by atoms with Gasteiger partial charge in [0.15, 0.2) is 0 Å². The summed E-state index contributed by atoms with van der Waals surface area (Å²) in [6, 6.07) is 3.58. The Kier molecular flexibility index (Phi) is 20.7. The zero-order valence-corrected chi connectivity index (χ0v) is 27.3. The number of hydrogen-bond acceptors (Lipinski definition) is 0. The SMILES string of the molecule is C1CCC(C2CCCC[N-]2)[N-]C1.C1CCC(C2CCCC[N-]2)[N-]C1.C1CCC(C2CCCC[N-]2)[N-]C1.F[B-](F)(F)F.[Ru+8]. The number of rotatable bonds is 3. The third-order valence-electron chi connectivity index (χ3n) is 8.96. The Labute approximate surface area is 266 Å². The van der Waals surface area contributed by atoms with E-state index in [1.165, 1.54) is 116 Å². The smallest absolute Gasteiger partial charge is 0.661 e. The number of piperidine rings is 6. The van der Waals surface area contributed by atoms with Crippen molar-refractivity contribution in [3.63, 3.8) is 0 Å². The molecule has 0 bridgehead atoms. The summed E-state index contributed by atoms with van der Waals surface area (Å²) >= 11 is 0. The van der Waals surface area contributed by atoms with Gasteiger partial charge in [0.25, 0.3) is 0 Å². The molecule has 6 unspecified atom stereocenters. The van der Waals surface area contributed by atoms with Crippen LogP contribution in [0.4, 0.5) is 17.3 Å². The molecule has 0 aromatic carbocycles. The molecule has 0 aromatic rings. The quantitative estimate of drug-likeness (QED) is 0.209. The molecule has 0 N–H and O–H groups in total. The van der Waals surface area contributed by atoms with E-state index in [4.69, 9.17) is 0 Å². The molecule has 6 rings (SSSR count). The van der Waals surface area contributed by atoms with Crippen LogP contribution in [0.25, 0.3) is 31.9 Å². The van der Waals surface area contributed by atoms with Gasteiger partial charge in [-0.25, -0.2) is 0 Å². The van der Waals surface area contributed by atoms with Gasteiger partial charge >= 0.3 is 26.7 Å². The molecule has 6 fully saturated rings. The Hall–Kier alpha value is 0.168. The van der Waals surface area contributed by atoms with E-state index in [1.807, 2.05) is 0 Å². The third-order valence-corrected chi connectivity index (χ3v) is 8.96. The van der Waals surface area contributed by atoms with Crippen LogP contribution >= 0.6 is 0 Å². The number of hydrogen-bond donors (Lipinski definition) is 0. The van der Waals surface area contributed by atoms with Crippen LogP contribution in [-0.2, 0) is 19.5 Å². The van der Waals surface area contributed by atoms with Crippen molar-refractivity contribution in [3.05, 3.63) is 31.9 Å². The molecule has 242 valence electrons. The van der Waals surface area contributed by atoms with Crippen molar-refractivity contribution in [2.24, 2.45) is 0 Å². The zero-order chi connectivity index (χ0) is 29.2. The summed E-state index contributed by atoms with van der Waals surface area (Å²) in [6.45, 7) is 6.56. The molecule has 0 spiro atoms. The van der Waals surface area contributed by atoms with Crippen LogP contribution in [0.2, 0.25) is 0 Å². The molecule has 42 heavy (non-hydrogen) atoms. The molecular formula is C30H54BF4N6Ru+. The number of halogens is 4. The van der Waals surface area contributed by atoms with Crippen molar-refractivity contribution in [2.75, 3.05) is 39.3 Å². The van der Waals surface area contributed by atoms with E-state index < -0.39 is 7.25 Å². The van der Waals surface area contributed by atoms with E-state index in [9.17, 15) is 17.3 Å². The van der Waals surface area contributed by atoms with Crippen LogP contribution in [0, 0.1) is 0 Å². The van der Waals surface area contributed by atoms with Crippen molar-refractivity contribution in [2.45, 2.75) is 152 Å². The van der Waals surface area contributed by atoms with Gasteiger partial charge in [-0.05, 0) is 0 Å². The van der Waals surface area contributed by atoms with Crippen LogP contribution in [0.15, 0.2) is 0 Å². The molecule has 6 nitrogen and oxygen atoms in total. The van der Waals surface area contributed by atoms with Gasteiger partial charge in [-0.15, -0.1) is 39.3 Å². The minimum absolute atomic E-state index is 0. The maximum Gasteiger partial charge on any atom is 8.00 e. The minimum atomic E-state index is -6.00. The molecule has 6 saturated heterocycles. The molecule has 6 heterocycles. The predicted octanol–water partition coefficient (Wildman–Crippen LogP) is 9.81. The second-order valence-electron chi connectivity index (χ2n) is 12.3. The Morgan fingerprint density at radius 3 is 0.548 bits per heavy atom. The molecule has 6 aliphatic heterocycles. The molecule has 0 saturated carbocycles. The monoisotopic (exact) mass is 687 g/mol. The second kappa shape index (κ2) is 22.6. The summed E-state index contributed by atoms with van der Waals surface area (Å²) in [6.07, 6.45) is 23.9. The van der Waals surface area contributed by atoms with Crippen molar-refractivity contribution >= 4 is 7.25 Å². The van der Waals surface area contributed by atoms with Gasteiger partial charge in [0, 0.05) is 0 Å². The van der Waals surface area contributed by atoms with E-state index in [0.29, 0.717) is 36.3 Å². The standard InChI is InChI=1S/3C10H18N2.BF4.Ru/c3*1-3-7-11-9(5-1)10-6-2-4-8-12-10;2-1(3,4)5;/h3*9-10H,1-8H2;;/q3*-2;-1;+8. The van der Waals surface area contributed by atoms with Gasteiger partial charge in [0.1, 0.15) is 0 Å². The molecular weight excluding hydrogens is 632 g/mol. The van der Waals surface area contributed by atoms with E-state index in [2.05, 4.69) is 31.9 Å². The third kappa shape index (κ3) is 17.0. The van der Waals surface area contributed by atoms with Gasteiger partial charge < -0.3 is 49.2 Å². The van der Waals surface area contributed by atoms with Gasteiger partial charge in [0.2, 0.25) is 0 Å². The first-order chi connectivity index (χ1) is 19.9. The largest absolute Gasteiger partial charge is 8.00 e. The van der Waals surface area contributed by atoms with Crippen molar-refractivity contribution in [3.8, 4) is 0 Å². The van der Waals surface area contributed by atoms with Crippen LogP contribution < -0.4 is 0 Å². The fourth-order valence-corrected chi connectivity index (χ4v) is 6.77. The van der Waals surface area contributed by atoms with Crippen molar-refractivity contribution in [1.82, 2.24) is 0 Å². The van der Waals surface area contributed by atoms with Crippen molar-refractivity contribution in [1.29, 1.82) is 0 Å². The molecule has 12 heteroatoms. The van der Waals surface area contributed by atoms with Crippen LogP contribution in [0.5, 0.6) is 0 Å². The molecule has 0 amide bonds. The number of nitrogens with zero attached hydrogens (tertiary/aromatic N) is 6. The first-order valence-electron chi connectivity index (χ1n) is 16.8. The van der Waals surface area contributed by atoms with E-state index >= 15 is 0 Å². The second-order valence-corrected chi connectivity index (χ2v) is 12.3. The van der Waals surface area contributed by atoms with Gasteiger partial charge in [-0.3, -0.25) is 0 Å². The van der Waals surface area contributed by atoms with Crippen LogP contribution in [0.3, 0.4) is 0 Å². The fourth-order valence-electron chi connectivity index (χ4n) is 6.77. The molecule has 0 aromatic heterocycles. The average Bonchev–Trinajstić information content (AvgIpc) is 3.04. The average molecular weight is 687 g/mol. The van der Waals surface area contributed by atoms with Crippen LogP contribution in [-0.4, -0.2) is 82.8 Å². The Morgan fingerprint density at radius 2 is 0.452 bits per heavy atom. The maximum absolute atomic E-state index is 9.75. The molecule has 0 radical (unpaired) electrons. The molecule has 6 aliphatic rings. The first kappa shape index (κ1) is 38.4. The van der Waals surface area contributed by atoms with Crippen molar-refractivity contribution < 1.29 is 36.7 Å². The Balaban J connectivity index is 0.000000202. The summed E-state index contributed by atoms with van der Waals surface area (Å²) in [7, 11) is -6.00. The summed E-state index contributed by atoms with van der Waals surface area (Å²) in [5.41, 5.74) is 0. The summed E-state index contributed by atoms with van der Waals surface area (Å²) in [5, 5.41) is 28.0. The Morgan fingerprint density at radius 1 is 0.310 bits per heavy atom. The van der Waals surface area contributed by atoms with Gasteiger partial charge in [-0.2, -0.15) is 36.3 Å². The van der Waals surface area contributed by atoms with E-state index in [1.54, 1.807) is 0 Å². The fraction of sp³-hybridized carbons (Fsp3) is 1.00. The molecule has 0 aliphatic carbocycles. The zero-order valence-electron chi connectivity index (χ0n) is 25.6. The predicted molar refractivity (Wildman–Crippen MR) is 165 cm³/mol. The van der Waals surface area contributed by atoms with Crippen LogP contribution in [0.1, 0.15) is 116 Å². The Bertz CT molecular complexity index is 502. The topological polar surface area (TPSA) is 84.6 Å². The summed E-state index contributed by atoms with van der Waals surface area (Å²) in [5.74, 6) is 0. The van der Waals surface area contributed by atoms with E-state index in [0.717, 1.165) is 39.3 Å². The maximum atomic E-state index is 9.75. The first-order valence-corrected chi connectivity index (χ1v) is 16.8. The summed E-state index contributed by atoms with van der Waals surface area (Å²) in [4.78, 5) is 0. The van der Waals surface area contributed by atoms with E-state index in [-0.39, 0.29) is 19.5 Å².